The fraction of sp³-hybridized carbons (Fsp3) is 0.222. The van der Waals surface area contributed by atoms with E-state index in [9.17, 15) is 14.7 Å². The summed E-state index contributed by atoms with van der Waals surface area (Å²) in [6, 6.07) is 8.37. The predicted molar refractivity (Wildman–Crippen MR) is 99.4 cm³/mol. The summed E-state index contributed by atoms with van der Waals surface area (Å²) in [7, 11) is 1.47. The molecule has 2 aromatic carbocycles. The Bertz CT molecular complexity index is 839. The minimum Gasteiger partial charge on any atom is -0.506 e. The third kappa shape index (κ3) is 4.89. The van der Waals surface area contributed by atoms with E-state index < -0.39 is 11.8 Å². The summed E-state index contributed by atoms with van der Waals surface area (Å²) < 4.78 is 10.9. The average molecular weight is 423 g/mol. The van der Waals surface area contributed by atoms with E-state index in [-0.39, 0.29) is 24.5 Å². The quantitative estimate of drug-likeness (QED) is 0.633. The summed E-state index contributed by atoms with van der Waals surface area (Å²) in [6.07, 6.45) is 0. The highest BCUT2D eigenvalue weighted by Crippen LogP contribution is 2.30. The molecule has 2 rings (SSSR count). The molecule has 4 N–H and O–H groups in total. The number of benzene rings is 2. The molecular weight excluding hydrogens is 404 g/mol. The average Bonchev–Trinajstić information content (AvgIpc) is 2.61. The second-order valence-electron chi connectivity index (χ2n) is 5.57. The summed E-state index contributed by atoms with van der Waals surface area (Å²) >= 11 is 3.22. The number of carbonyl (C=O) groups is 2. The van der Waals surface area contributed by atoms with Crippen molar-refractivity contribution in [1.82, 2.24) is 5.32 Å². The van der Waals surface area contributed by atoms with Crippen LogP contribution in [0.1, 0.15) is 21.5 Å². The first-order valence-electron chi connectivity index (χ1n) is 7.67. The number of nitrogens with two attached hydrogens (primary N) is 1. The number of primary amides is 1. The molecule has 0 bridgehead atoms. The molecule has 2 amide bonds. The number of nitrogens with one attached hydrogen (secondary N) is 1. The van der Waals surface area contributed by atoms with E-state index in [1.165, 1.54) is 7.11 Å². The third-order valence-electron chi connectivity index (χ3n) is 3.50. The lowest BCUT2D eigenvalue weighted by atomic mass is 10.1. The van der Waals surface area contributed by atoms with E-state index >= 15 is 0 Å². The number of hydrogen-bond donors (Lipinski definition) is 3. The van der Waals surface area contributed by atoms with Crippen LogP contribution >= 0.6 is 15.9 Å². The Hall–Kier alpha value is -2.74. The van der Waals surface area contributed by atoms with Gasteiger partial charge >= 0.3 is 0 Å². The molecule has 26 heavy (non-hydrogen) atoms. The van der Waals surface area contributed by atoms with Gasteiger partial charge in [0.1, 0.15) is 5.75 Å². The van der Waals surface area contributed by atoms with Crippen LogP contribution in [-0.4, -0.2) is 30.6 Å². The predicted octanol–water partition coefficient (Wildman–Crippen LogP) is 2.27. The number of rotatable bonds is 7. The molecule has 0 radical (unpaired) electrons. The standard InChI is InChI=1S/C18H19BrN2O5/c1-10-5-12(17(23)13(19)6-10)18(24)21-8-11-3-4-14(15(7-11)25-2)26-9-16(20)22/h3-7,23H,8-9H2,1-2H3,(H2,20,22)(H,21,24). The SMILES string of the molecule is COc1cc(CNC(=O)c2cc(C)cc(Br)c2O)ccc1OCC(N)=O. The van der Waals surface area contributed by atoms with E-state index in [1.54, 1.807) is 30.3 Å². The molecule has 0 aliphatic carbocycles. The molecule has 0 unspecified atom stereocenters. The number of halogens is 1. The molecule has 7 nitrogen and oxygen atoms in total. The molecule has 0 saturated heterocycles. The van der Waals surface area contributed by atoms with E-state index in [2.05, 4.69) is 21.2 Å². The third-order valence-corrected chi connectivity index (χ3v) is 4.11. The van der Waals surface area contributed by atoms with Gasteiger partial charge in [-0.05, 0) is 58.2 Å². The van der Waals surface area contributed by atoms with Gasteiger partial charge in [0.05, 0.1) is 17.1 Å². The van der Waals surface area contributed by atoms with E-state index in [1.807, 2.05) is 6.92 Å². The molecule has 8 heteroatoms. The Kier molecular flexibility index (Phi) is 6.46. The minimum absolute atomic E-state index is 0.110. The lowest BCUT2D eigenvalue weighted by Crippen LogP contribution is -2.23. The van der Waals surface area contributed by atoms with Crippen LogP contribution in [0.25, 0.3) is 0 Å². The fourth-order valence-corrected chi connectivity index (χ4v) is 2.85. The van der Waals surface area contributed by atoms with Gasteiger partial charge in [0, 0.05) is 6.54 Å². The number of aryl methyl sites for hydroxylation is 1. The summed E-state index contributed by atoms with van der Waals surface area (Å²) in [5.41, 5.74) is 6.84. The molecule has 0 fully saturated rings. The van der Waals surface area contributed by atoms with Crippen LogP contribution in [0.4, 0.5) is 0 Å². The fourth-order valence-electron chi connectivity index (χ4n) is 2.28. The first-order valence-corrected chi connectivity index (χ1v) is 8.46. The number of methoxy groups -OCH3 is 1. The summed E-state index contributed by atoms with van der Waals surface area (Å²) in [4.78, 5) is 23.2. The van der Waals surface area contributed by atoms with Crippen LogP contribution in [0.5, 0.6) is 17.2 Å². The lowest BCUT2D eigenvalue weighted by Gasteiger charge is -2.12. The number of aromatic hydroxyl groups is 1. The first-order chi connectivity index (χ1) is 12.3. The normalized spacial score (nSPS) is 10.3. The highest BCUT2D eigenvalue weighted by molar-refractivity contribution is 9.10. The van der Waals surface area contributed by atoms with Gasteiger partial charge in [-0.2, -0.15) is 0 Å². The molecule has 0 atom stereocenters. The topological polar surface area (TPSA) is 111 Å². The van der Waals surface area contributed by atoms with Crippen molar-refractivity contribution in [3.05, 3.63) is 51.5 Å². The molecule has 0 aliphatic rings. The second-order valence-corrected chi connectivity index (χ2v) is 6.42. The Labute approximate surface area is 159 Å². The maximum absolute atomic E-state index is 12.3. The first kappa shape index (κ1) is 19.6. The van der Waals surface area contributed by atoms with Gasteiger partial charge in [0.2, 0.25) is 0 Å². The van der Waals surface area contributed by atoms with Crippen LogP contribution in [0.3, 0.4) is 0 Å². The molecule has 0 spiro atoms. The van der Waals surface area contributed by atoms with Crippen molar-refractivity contribution in [2.24, 2.45) is 5.73 Å². The monoisotopic (exact) mass is 422 g/mol. The summed E-state index contributed by atoms with van der Waals surface area (Å²) in [5, 5.41) is 12.8. The van der Waals surface area contributed by atoms with Gasteiger partial charge in [0.15, 0.2) is 18.1 Å². The number of amides is 2. The molecule has 0 heterocycles. The van der Waals surface area contributed by atoms with Crippen molar-refractivity contribution in [1.29, 1.82) is 0 Å². The lowest BCUT2D eigenvalue weighted by molar-refractivity contribution is -0.119. The highest BCUT2D eigenvalue weighted by atomic mass is 79.9. The Morgan fingerprint density at radius 3 is 2.62 bits per heavy atom. The van der Waals surface area contributed by atoms with Gasteiger partial charge in [-0.25, -0.2) is 0 Å². The number of phenolic OH excluding ortho intramolecular Hbond substituents is 1. The largest absolute Gasteiger partial charge is 0.506 e. The Balaban J connectivity index is 2.09. The summed E-state index contributed by atoms with van der Waals surface area (Å²) in [5.74, 6) is -0.311. The zero-order valence-corrected chi connectivity index (χ0v) is 15.9. The number of ether oxygens (including phenoxy) is 2. The highest BCUT2D eigenvalue weighted by Gasteiger charge is 2.15. The minimum atomic E-state index is -0.590. The second kappa shape index (κ2) is 8.57. The molecule has 0 aromatic heterocycles. The van der Waals surface area contributed by atoms with Gasteiger partial charge in [-0.1, -0.05) is 6.07 Å². The van der Waals surface area contributed by atoms with Crippen LogP contribution in [0.15, 0.2) is 34.8 Å². The maximum atomic E-state index is 12.3. The van der Waals surface area contributed by atoms with Crippen molar-refractivity contribution >= 4 is 27.7 Å². The smallest absolute Gasteiger partial charge is 0.255 e. The van der Waals surface area contributed by atoms with Crippen molar-refractivity contribution in [3.8, 4) is 17.2 Å². The zero-order chi connectivity index (χ0) is 19.3. The van der Waals surface area contributed by atoms with Crippen LogP contribution in [0, 0.1) is 6.92 Å². The van der Waals surface area contributed by atoms with Crippen molar-refractivity contribution in [3.63, 3.8) is 0 Å². The molecule has 2 aromatic rings. The van der Waals surface area contributed by atoms with Gasteiger partial charge < -0.3 is 25.6 Å². The van der Waals surface area contributed by atoms with E-state index in [0.717, 1.165) is 11.1 Å². The van der Waals surface area contributed by atoms with Crippen molar-refractivity contribution in [2.75, 3.05) is 13.7 Å². The van der Waals surface area contributed by atoms with Crippen LogP contribution in [0.2, 0.25) is 0 Å². The summed E-state index contributed by atoms with van der Waals surface area (Å²) in [6.45, 7) is 1.79. The van der Waals surface area contributed by atoms with Gasteiger partial charge in [-0.3, -0.25) is 9.59 Å². The van der Waals surface area contributed by atoms with Crippen LogP contribution in [-0.2, 0) is 11.3 Å². The van der Waals surface area contributed by atoms with Gasteiger partial charge in [-0.15, -0.1) is 0 Å². The van der Waals surface area contributed by atoms with Crippen molar-refractivity contribution in [2.45, 2.75) is 13.5 Å². The van der Waals surface area contributed by atoms with Crippen molar-refractivity contribution < 1.29 is 24.2 Å². The molecule has 0 aliphatic heterocycles. The Morgan fingerprint density at radius 2 is 1.96 bits per heavy atom. The zero-order valence-electron chi connectivity index (χ0n) is 14.3. The van der Waals surface area contributed by atoms with E-state index in [4.69, 9.17) is 15.2 Å². The molecule has 138 valence electrons. The molecular formula is C18H19BrN2O5. The van der Waals surface area contributed by atoms with E-state index in [0.29, 0.717) is 16.0 Å². The number of hydrogen-bond acceptors (Lipinski definition) is 5. The maximum Gasteiger partial charge on any atom is 0.255 e. The van der Waals surface area contributed by atoms with Gasteiger partial charge in [0.25, 0.3) is 11.8 Å². The Morgan fingerprint density at radius 1 is 1.23 bits per heavy atom. The number of carbonyl (C=O) groups excluding carboxylic acids is 2. The number of phenols is 1. The van der Waals surface area contributed by atoms with Crippen LogP contribution < -0.4 is 20.5 Å². The molecule has 0 saturated carbocycles.